The normalized spacial score (nSPS) is 14.8. The van der Waals surface area contributed by atoms with Crippen LogP contribution in [0.5, 0.6) is 11.5 Å². The molecule has 9 nitrogen and oxygen atoms in total. The summed E-state index contributed by atoms with van der Waals surface area (Å²) in [7, 11) is 2.84. The molecule has 0 aliphatic carbocycles. The Morgan fingerprint density at radius 3 is 2.45 bits per heavy atom. The molecular formula is C30H30N2O7S. The summed E-state index contributed by atoms with van der Waals surface area (Å²) in [6.07, 6.45) is 3.01. The van der Waals surface area contributed by atoms with E-state index in [0.717, 1.165) is 5.56 Å². The maximum atomic E-state index is 13.8. The Balaban J connectivity index is 1.87. The monoisotopic (exact) mass is 562 g/mol. The molecule has 0 saturated heterocycles. The van der Waals surface area contributed by atoms with Gasteiger partial charge in [-0.3, -0.25) is 9.36 Å². The van der Waals surface area contributed by atoms with E-state index in [-0.39, 0.29) is 17.2 Å². The van der Waals surface area contributed by atoms with Crippen LogP contribution in [-0.4, -0.2) is 43.4 Å². The molecule has 0 radical (unpaired) electrons. The summed E-state index contributed by atoms with van der Waals surface area (Å²) in [5, 5.41) is 0. The van der Waals surface area contributed by atoms with Gasteiger partial charge in [-0.2, -0.15) is 0 Å². The van der Waals surface area contributed by atoms with Gasteiger partial charge in [0, 0.05) is 0 Å². The predicted molar refractivity (Wildman–Crippen MR) is 151 cm³/mol. The number of carbonyl (C=O) groups excluding carboxylic acids is 2. The van der Waals surface area contributed by atoms with Gasteiger partial charge in [0.15, 0.2) is 16.3 Å². The van der Waals surface area contributed by atoms with Gasteiger partial charge >= 0.3 is 11.9 Å². The molecule has 1 aliphatic rings. The van der Waals surface area contributed by atoms with Gasteiger partial charge in [0.05, 0.1) is 47.7 Å². The molecule has 2 aromatic carbocycles. The summed E-state index contributed by atoms with van der Waals surface area (Å²) in [5.41, 5.74) is 2.08. The van der Waals surface area contributed by atoms with Crippen LogP contribution in [0.4, 0.5) is 0 Å². The highest BCUT2D eigenvalue weighted by molar-refractivity contribution is 7.07. The Morgan fingerprint density at radius 2 is 1.82 bits per heavy atom. The van der Waals surface area contributed by atoms with E-state index < -0.39 is 18.0 Å². The highest BCUT2D eigenvalue weighted by Gasteiger charge is 2.34. The van der Waals surface area contributed by atoms with Crippen molar-refractivity contribution in [2.45, 2.75) is 32.9 Å². The van der Waals surface area contributed by atoms with E-state index in [0.29, 0.717) is 44.3 Å². The highest BCUT2D eigenvalue weighted by atomic mass is 32.1. The van der Waals surface area contributed by atoms with Crippen molar-refractivity contribution >= 4 is 29.4 Å². The Bertz CT molecular complexity index is 1660. The molecule has 0 amide bonds. The molecule has 1 aromatic heterocycles. The first-order valence-corrected chi connectivity index (χ1v) is 13.3. The SMILES string of the molecule is C=CCOc1ccc(C=c2sc3n(c2=O)C(c2ccc(C(=O)OC)cc2)C(C(=O)OC(C)C)=C(C)N=3)cc1OC. The van der Waals surface area contributed by atoms with Gasteiger partial charge in [-0.25, -0.2) is 14.6 Å². The van der Waals surface area contributed by atoms with Crippen molar-refractivity contribution < 1.29 is 28.5 Å². The third kappa shape index (κ3) is 5.76. The third-order valence-electron chi connectivity index (χ3n) is 6.07. The lowest BCUT2D eigenvalue weighted by Gasteiger charge is -2.25. The van der Waals surface area contributed by atoms with Crippen molar-refractivity contribution in [3.05, 3.63) is 103 Å². The van der Waals surface area contributed by atoms with E-state index in [2.05, 4.69) is 11.6 Å². The van der Waals surface area contributed by atoms with Crippen molar-refractivity contribution in [2.75, 3.05) is 20.8 Å². The number of fused-ring (bicyclic) bond motifs is 1. The quantitative estimate of drug-likeness (QED) is 0.290. The molecular weight excluding hydrogens is 532 g/mol. The lowest BCUT2D eigenvalue weighted by Crippen LogP contribution is -2.40. The minimum absolute atomic E-state index is 0.254. The van der Waals surface area contributed by atoms with E-state index in [4.69, 9.17) is 18.9 Å². The number of rotatable bonds is 9. The van der Waals surface area contributed by atoms with Crippen LogP contribution in [0.1, 0.15) is 48.3 Å². The number of esters is 2. The summed E-state index contributed by atoms with van der Waals surface area (Å²) in [6.45, 7) is 9.21. The Kier molecular flexibility index (Phi) is 8.69. The predicted octanol–water partition coefficient (Wildman–Crippen LogP) is 3.55. The van der Waals surface area contributed by atoms with Gasteiger partial charge in [0.1, 0.15) is 6.61 Å². The molecule has 0 fully saturated rings. The Hall–Kier alpha value is -4.44. The summed E-state index contributed by atoms with van der Waals surface area (Å²) in [4.78, 5) is 44.1. The lowest BCUT2D eigenvalue weighted by molar-refractivity contribution is -0.143. The van der Waals surface area contributed by atoms with Gasteiger partial charge in [-0.1, -0.05) is 42.2 Å². The van der Waals surface area contributed by atoms with Crippen LogP contribution < -0.4 is 24.4 Å². The van der Waals surface area contributed by atoms with Crippen LogP contribution in [0.3, 0.4) is 0 Å². The molecule has 0 spiro atoms. The molecule has 10 heteroatoms. The van der Waals surface area contributed by atoms with Gasteiger partial charge in [-0.15, -0.1) is 0 Å². The molecule has 2 heterocycles. The third-order valence-corrected chi connectivity index (χ3v) is 7.06. The fourth-order valence-corrected chi connectivity index (χ4v) is 5.33. The molecule has 0 bridgehead atoms. The van der Waals surface area contributed by atoms with Crippen LogP contribution >= 0.6 is 11.3 Å². The fourth-order valence-electron chi connectivity index (χ4n) is 4.29. The van der Waals surface area contributed by atoms with Crippen LogP contribution in [-0.2, 0) is 14.3 Å². The second kappa shape index (κ2) is 12.2. The standard InChI is InChI=1S/C30H30N2O7S/c1-7-14-38-22-13-8-19(15-23(22)36-5)16-24-27(33)32-26(20-9-11-21(12-10-20)28(34)37-6)25(29(35)39-17(2)3)18(4)31-30(32)40-24/h7-13,15-17,26H,1,14H2,2-6H3. The zero-order valence-electron chi connectivity index (χ0n) is 22.9. The molecule has 1 atom stereocenters. The van der Waals surface area contributed by atoms with Crippen LogP contribution in [0, 0.1) is 0 Å². The van der Waals surface area contributed by atoms with Crippen molar-refractivity contribution in [1.82, 2.24) is 4.57 Å². The zero-order chi connectivity index (χ0) is 29.0. The topological polar surface area (TPSA) is 105 Å². The summed E-state index contributed by atoms with van der Waals surface area (Å²) < 4.78 is 23.3. The summed E-state index contributed by atoms with van der Waals surface area (Å²) >= 11 is 1.21. The smallest absolute Gasteiger partial charge is 0.338 e. The van der Waals surface area contributed by atoms with Crippen molar-refractivity contribution in [3.8, 4) is 11.5 Å². The zero-order valence-corrected chi connectivity index (χ0v) is 23.7. The van der Waals surface area contributed by atoms with Crippen LogP contribution in [0.15, 0.2) is 76.2 Å². The second-order valence-corrected chi connectivity index (χ2v) is 10.2. The number of allylic oxidation sites excluding steroid dienone is 1. The molecule has 0 saturated carbocycles. The number of thiazole rings is 1. The first-order valence-electron chi connectivity index (χ1n) is 12.5. The van der Waals surface area contributed by atoms with Crippen LogP contribution in [0.25, 0.3) is 6.08 Å². The molecule has 0 N–H and O–H groups in total. The number of nitrogens with zero attached hydrogens (tertiary/aromatic N) is 2. The molecule has 4 rings (SSSR count). The molecule has 208 valence electrons. The van der Waals surface area contributed by atoms with E-state index in [1.165, 1.54) is 23.0 Å². The number of carbonyl (C=O) groups is 2. The Labute approximate surface area is 235 Å². The number of benzene rings is 2. The molecule has 3 aromatic rings. The van der Waals surface area contributed by atoms with Gasteiger partial charge in [0.25, 0.3) is 5.56 Å². The second-order valence-electron chi connectivity index (χ2n) is 9.16. The number of hydrogen-bond acceptors (Lipinski definition) is 9. The number of ether oxygens (including phenoxy) is 4. The maximum absolute atomic E-state index is 13.8. The van der Waals surface area contributed by atoms with Crippen molar-refractivity contribution in [1.29, 1.82) is 0 Å². The van der Waals surface area contributed by atoms with E-state index in [9.17, 15) is 14.4 Å². The first-order chi connectivity index (χ1) is 19.2. The largest absolute Gasteiger partial charge is 0.493 e. The average Bonchev–Trinajstić information content (AvgIpc) is 3.24. The fraction of sp³-hybridized carbons (Fsp3) is 0.267. The number of methoxy groups -OCH3 is 2. The summed E-state index contributed by atoms with van der Waals surface area (Å²) in [6, 6.07) is 11.1. The molecule has 1 unspecified atom stereocenters. The number of hydrogen-bond donors (Lipinski definition) is 0. The average molecular weight is 563 g/mol. The van der Waals surface area contributed by atoms with Gasteiger partial charge in [0.2, 0.25) is 0 Å². The van der Waals surface area contributed by atoms with E-state index >= 15 is 0 Å². The minimum Gasteiger partial charge on any atom is -0.493 e. The molecule has 1 aliphatic heterocycles. The number of aromatic nitrogens is 1. The lowest BCUT2D eigenvalue weighted by atomic mass is 9.95. The van der Waals surface area contributed by atoms with Gasteiger partial charge in [-0.05, 0) is 62.2 Å². The van der Waals surface area contributed by atoms with Crippen molar-refractivity contribution in [3.63, 3.8) is 0 Å². The van der Waals surface area contributed by atoms with Gasteiger partial charge < -0.3 is 18.9 Å². The summed E-state index contributed by atoms with van der Waals surface area (Å²) in [5.74, 6) is 0.0206. The Morgan fingerprint density at radius 1 is 1.10 bits per heavy atom. The maximum Gasteiger partial charge on any atom is 0.338 e. The van der Waals surface area contributed by atoms with E-state index in [1.807, 2.05) is 6.07 Å². The first kappa shape index (κ1) is 28.6. The highest BCUT2D eigenvalue weighted by Crippen LogP contribution is 2.32. The van der Waals surface area contributed by atoms with E-state index in [1.54, 1.807) is 76.4 Å². The molecule has 40 heavy (non-hydrogen) atoms. The van der Waals surface area contributed by atoms with Crippen molar-refractivity contribution in [2.24, 2.45) is 4.99 Å². The minimum atomic E-state index is -0.805. The van der Waals surface area contributed by atoms with Crippen LogP contribution in [0.2, 0.25) is 0 Å².